The zero-order valence-electron chi connectivity index (χ0n) is 15.5. The summed E-state index contributed by atoms with van der Waals surface area (Å²) >= 11 is 0. The fourth-order valence-electron chi connectivity index (χ4n) is 2.36. The predicted octanol–water partition coefficient (Wildman–Crippen LogP) is -0.371. The van der Waals surface area contributed by atoms with Crippen LogP contribution in [-0.4, -0.2) is 42.3 Å². The summed E-state index contributed by atoms with van der Waals surface area (Å²) in [7, 11) is 0.669. The van der Waals surface area contributed by atoms with E-state index in [9.17, 15) is 8.42 Å². The molecule has 0 spiro atoms. The van der Waals surface area contributed by atoms with Gasteiger partial charge in [0.2, 0.25) is 0 Å². The SMILES string of the molecule is COc1ccc(CC[NH+]=C(N)NS(=O)(=O)c2ccc(OC)c(OC)c2)cc1. The Balaban J connectivity index is 2.02. The van der Waals surface area contributed by atoms with Crippen molar-refractivity contribution in [3.8, 4) is 17.2 Å². The van der Waals surface area contributed by atoms with Crippen LogP contribution in [0.5, 0.6) is 17.2 Å². The molecule has 0 aliphatic rings. The molecule has 2 aromatic carbocycles. The van der Waals surface area contributed by atoms with Gasteiger partial charge in [-0.25, -0.2) is 0 Å². The van der Waals surface area contributed by atoms with Crippen LogP contribution in [0.1, 0.15) is 5.56 Å². The van der Waals surface area contributed by atoms with E-state index < -0.39 is 10.0 Å². The molecule has 8 nitrogen and oxygen atoms in total. The number of hydrogen-bond acceptors (Lipinski definition) is 5. The van der Waals surface area contributed by atoms with Crippen LogP contribution in [-0.2, 0) is 16.4 Å². The second-order valence-corrected chi connectivity index (χ2v) is 7.24. The van der Waals surface area contributed by atoms with E-state index in [0.29, 0.717) is 24.5 Å². The first-order valence-electron chi connectivity index (χ1n) is 8.13. The van der Waals surface area contributed by atoms with Crippen LogP contribution in [0.2, 0.25) is 0 Å². The monoisotopic (exact) mass is 394 g/mol. The lowest BCUT2D eigenvalue weighted by Crippen LogP contribution is -2.79. The van der Waals surface area contributed by atoms with Gasteiger partial charge in [-0.2, -0.15) is 13.1 Å². The van der Waals surface area contributed by atoms with E-state index in [1.54, 1.807) is 7.11 Å². The van der Waals surface area contributed by atoms with Gasteiger partial charge in [0.05, 0.1) is 27.9 Å². The Kier molecular flexibility index (Phi) is 6.89. The molecule has 0 radical (unpaired) electrons. The van der Waals surface area contributed by atoms with Gasteiger partial charge < -0.3 is 14.2 Å². The molecule has 0 atom stereocenters. The van der Waals surface area contributed by atoms with Crippen LogP contribution >= 0.6 is 0 Å². The largest absolute Gasteiger partial charge is 0.497 e. The van der Waals surface area contributed by atoms with E-state index in [0.717, 1.165) is 11.3 Å². The molecule has 2 aromatic rings. The van der Waals surface area contributed by atoms with Crippen molar-refractivity contribution in [3.63, 3.8) is 0 Å². The Morgan fingerprint density at radius 3 is 2.26 bits per heavy atom. The minimum Gasteiger partial charge on any atom is -0.497 e. The maximum absolute atomic E-state index is 12.5. The third-order valence-corrected chi connectivity index (χ3v) is 5.16. The van der Waals surface area contributed by atoms with Crippen molar-refractivity contribution in [2.75, 3.05) is 27.9 Å². The molecule has 0 saturated heterocycles. The predicted molar refractivity (Wildman–Crippen MR) is 102 cm³/mol. The van der Waals surface area contributed by atoms with E-state index >= 15 is 0 Å². The molecule has 0 aromatic heterocycles. The van der Waals surface area contributed by atoms with Gasteiger partial charge in [-0.15, -0.1) is 0 Å². The first-order chi connectivity index (χ1) is 12.9. The summed E-state index contributed by atoms with van der Waals surface area (Å²) < 4.78 is 42.5. The highest BCUT2D eigenvalue weighted by Gasteiger charge is 2.21. The minimum absolute atomic E-state index is 0.0139. The van der Waals surface area contributed by atoms with Crippen molar-refractivity contribution in [1.29, 1.82) is 0 Å². The molecule has 4 N–H and O–H groups in total. The molecule has 9 heteroatoms. The fourth-order valence-corrected chi connectivity index (χ4v) is 3.35. The maximum Gasteiger partial charge on any atom is 0.356 e. The number of nitrogens with two attached hydrogens (primary N) is 1. The van der Waals surface area contributed by atoms with Gasteiger partial charge in [0.25, 0.3) is 0 Å². The highest BCUT2D eigenvalue weighted by atomic mass is 32.2. The van der Waals surface area contributed by atoms with Gasteiger partial charge in [0.15, 0.2) is 11.5 Å². The Morgan fingerprint density at radius 1 is 1.00 bits per heavy atom. The normalized spacial score (nSPS) is 11.7. The highest BCUT2D eigenvalue weighted by Crippen LogP contribution is 2.29. The molecule has 0 saturated carbocycles. The van der Waals surface area contributed by atoms with Crippen molar-refractivity contribution < 1.29 is 27.6 Å². The summed E-state index contributed by atoms with van der Waals surface area (Å²) in [5.41, 5.74) is 6.84. The number of sulfonamides is 1. The van der Waals surface area contributed by atoms with Crippen molar-refractivity contribution in [2.24, 2.45) is 5.73 Å². The molecule has 27 heavy (non-hydrogen) atoms. The van der Waals surface area contributed by atoms with Crippen LogP contribution in [0, 0.1) is 0 Å². The first kappa shape index (κ1) is 20.4. The number of rotatable bonds is 8. The Morgan fingerprint density at radius 2 is 1.67 bits per heavy atom. The summed E-state index contributed by atoms with van der Waals surface area (Å²) in [4.78, 5) is 2.87. The number of nitrogens with one attached hydrogen (secondary N) is 2. The molecule has 2 rings (SSSR count). The van der Waals surface area contributed by atoms with Crippen LogP contribution in [0.15, 0.2) is 47.4 Å². The fraction of sp³-hybridized carbons (Fsp3) is 0.278. The lowest BCUT2D eigenvalue weighted by Gasteiger charge is -2.09. The second kappa shape index (κ2) is 9.13. The highest BCUT2D eigenvalue weighted by molar-refractivity contribution is 7.90. The Hall–Kier alpha value is -2.94. The number of ether oxygens (including phenoxy) is 3. The molecule has 0 amide bonds. The molecule has 146 valence electrons. The summed E-state index contributed by atoms with van der Waals surface area (Å²) in [6, 6.07) is 11.9. The van der Waals surface area contributed by atoms with E-state index in [1.165, 1.54) is 32.4 Å². The Labute approximate surface area is 159 Å². The quantitative estimate of drug-likeness (QED) is 0.416. The second-order valence-electron chi connectivity index (χ2n) is 5.56. The third kappa shape index (κ3) is 5.52. The summed E-state index contributed by atoms with van der Waals surface area (Å²) in [6.45, 7) is 0.465. The van der Waals surface area contributed by atoms with E-state index in [2.05, 4.69) is 9.71 Å². The molecular weight excluding hydrogens is 370 g/mol. The van der Waals surface area contributed by atoms with E-state index in [4.69, 9.17) is 19.9 Å². The van der Waals surface area contributed by atoms with Gasteiger partial charge in [-0.3, -0.25) is 10.7 Å². The average Bonchev–Trinajstić information content (AvgIpc) is 2.67. The smallest absolute Gasteiger partial charge is 0.356 e. The lowest BCUT2D eigenvalue weighted by molar-refractivity contribution is -0.459. The zero-order chi connectivity index (χ0) is 19.9. The molecule has 0 aliphatic carbocycles. The first-order valence-corrected chi connectivity index (χ1v) is 9.62. The summed E-state index contributed by atoms with van der Waals surface area (Å²) in [5, 5.41) is 0. The molecule has 0 unspecified atom stereocenters. The van der Waals surface area contributed by atoms with Crippen LogP contribution in [0.25, 0.3) is 0 Å². The van der Waals surface area contributed by atoms with Crippen LogP contribution < -0.4 is 29.7 Å². The number of benzene rings is 2. The lowest BCUT2D eigenvalue weighted by atomic mass is 10.1. The van der Waals surface area contributed by atoms with Gasteiger partial charge in [0, 0.05) is 12.5 Å². The molecular formula is C18H24N3O5S+. The standard InChI is InChI=1S/C18H23N3O5S/c1-24-14-6-4-13(5-7-14)10-11-20-18(19)21-27(22,23)15-8-9-16(25-2)17(12-15)26-3/h4-9,12H,10-11H2,1-3H3,(H3,19,20,21)/p+1. The van der Waals surface area contributed by atoms with Crippen molar-refractivity contribution in [1.82, 2.24) is 4.72 Å². The topological polar surface area (TPSA) is 114 Å². The van der Waals surface area contributed by atoms with Gasteiger partial charge >= 0.3 is 16.0 Å². The zero-order valence-corrected chi connectivity index (χ0v) is 16.3. The number of guanidine groups is 1. The number of methoxy groups -OCH3 is 3. The molecule has 0 aliphatic heterocycles. The summed E-state index contributed by atoms with van der Waals surface area (Å²) in [6.07, 6.45) is 0.669. The van der Waals surface area contributed by atoms with Crippen molar-refractivity contribution >= 4 is 16.0 Å². The Bertz CT molecular complexity index is 896. The maximum atomic E-state index is 12.5. The van der Waals surface area contributed by atoms with Gasteiger partial charge in [0.1, 0.15) is 10.6 Å². The van der Waals surface area contributed by atoms with Crippen LogP contribution in [0.3, 0.4) is 0 Å². The van der Waals surface area contributed by atoms with Gasteiger partial charge in [-0.05, 0) is 29.8 Å². The molecule has 0 fully saturated rings. The minimum atomic E-state index is -3.85. The summed E-state index contributed by atoms with van der Waals surface area (Å²) in [5.74, 6) is 1.47. The van der Waals surface area contributed by atoms with Gasteiger partial charge in [-0.1, -0.05) is 12.1 Å². The average molecular weight is 394 g/mol. The van der Waals surface area contributed by atoms with E-state index in [-0.39, 0.29) is 10.9 Å². The molecule has 0 bridgehead atoms. The van der Waals surface area contributed by atoms with Crippen LogP contribution in [0.4, 0.5) is 0 Å². The van der Waals surface area contributed by atoms with E-state index in [1.807, 2.05) is 24.3 Å². The third-order valence-electron chi connectivity index (χ3n) is 3.80. The molecule has 0 heterocycles. The van der Waals surface area contributed by atoms with Crippen molar-refractivity contribution in [2.45, 2.75) is 11.3 Å². The number of hydrogen-bond donors (Lipinski definition) is 3. The van der Waals surface area contributed by atoms with Crippen molar-refractivity contribution in [3.05, 3.63) is 48.0 Å².